The van der Waals surface area contributed by atoms with Gasteiger partial charge in [0.25, 0.3) is 0 Å². The summed E-state index contributed by atoms with van der Waals surface area (Å²) in [5.74, 6) is 0.316. The Kier molecular flexibility index (Phi) is 6.41. The number of nitrogens with zero attached hydrogens (tertiary/aromatic N) is 2. The van der Waals surface area contributed by atoms with Crippen molar-refractivity contribution in [3.05, 3.63) is 66.0 Å². The molecule has 0 radical (unpaired) electrons. The fourth-order valence-electron chi connectivity index (χ4n) is 2.86. The van der Waals surface area contributed by atoms with Crippen LogP contribution in [0.1, 0.15) is 17.5 Å². The first-order chi connectivity index (χ1) is 13.7. The maximum Gasteiger partial charge on any atom is 0.238 e. The lowest BCUT2D eigenvalue weighted by molar-refractivity contribution is -0.115. The number of carbonyl (C=O) groups excluding carboxylic acids is 1. The first-order valence-electron chi connectivity index (χ1n) is 8.90. The largest absolute Gasteiger partial charge is 0.326 e. The molecular weight excluding hydrogens is 408 g/mol. The number of hydrogen-bond donors (Lipinski definition) is 2. The molecular formula is C20H22N4O3S2. The van der Waals surface area contributed by atoms with Crippen LogP contribution in [0.3, 0.4) is 0 Å². The number of aryl methyl sites for hydroxylation is 2. The summed E-state index contributed by atoms with van der Waals surface area (Å²) >= 11 is 1.48. The Balaban J connectivity index is 1.60. The maximum atomic E-state index is 12.2. The predicted octanol–water partition coefficient (Wildman–Crippen LogP) is 3.26. The van der Waals surface area contributed by atoms with Gasteiger partial charge in [-0.2, -0.15) is 0 Å². The summed E-state index contributed by atoms with van der Waals surface area (Å²) in [4.78, 5) is 16.6. The standard InChI is InChI=1S/C20H22N4O3S2/c1-14-6-7-18(15(2)12-14)24-10-9-22-20(24)28-11-8-19(25)23-16-4-3-5-17(13-16)29(21,26)27/h3-7,9-10,12-13H,8,11H2,1-2H3,(H,23,25)(H2,21,26,27). The summed E-state index contributed by atoms with van der Waals surface area (Å²) in [6, 6.07) is 12.1. The number of aromatic nitrogens is 2. The van der Waals surface area contributed by atoms with E-state index in [1.165, 1.54) is 35.5 Å². The van der Waals surface area contributed by atoms with Crippen molar-refractivity contribution in [3.63, 3.8) is 0 Å². The van der Waals surface area contributed by atoms with Crippen molar-refractivity contribution in [1.82, 2.24) is 9.55 Å². The highest BCUT2D eigenvalue weighted by Crippen LogP contribution is 2.24. The first kappa shape index (κ1) is 21.1. The number of hydrogen-bond acceptors (Lipinski definition) is 5. The van der Waals surface area contributed by atoms with Crippen LogP contribution in [-0.2, 0) is 14.8 Å². The van der Waals surface area contributed by atoms with Gasteiger partial charge in [-0.1, -0.05) is 35.5 Å². The zero-order chi connectivity index (χ0) is 21.0. The minimum Gasteiger partial charge on any atom is -0.326 e. The molecule has 29 heavy (non-hydrogen) atoms. The number of nitrogens with two attached hydrogens (primary N) is 1. The summed E-state index contributed by atoms with van der Waals surface area (Å²) in [6.45, 7) is 4.11. The quantitative estimate of drug-likeness (QED) is 0.560. The van der Waals surface area contributed by atoms with Crippen molar-refractivity contribution >= 4 is 33.4 Å². The molecule has 0 spiro atoms. The van der Waals surface area contributed by atoms with Crippen LogP contribution in [0.5, 0.6) is 0 Å². The fourth-order valence-corrected chi connectivity index (χ4v) is 4.33. The first-order valence-corrected chi connectivity index (χ1v) is 11.4. The van der Waals surface area contributed by atoms with Gasteiger partial charge < -0.3 is 5.32 Å². The van der Waals surface area contributed by atoms with E-state index in [1.807, 2.05) is 10.8 Å². The van der Waals surface area contributed by atoms with Crippen molar-refractivity contribution in [3.8, 4) is 5.69 Å². The average molecular weight is 431 g/mol. The molecule has 1 heterocycles. The van der Waals surface area contributed by atoms with Crippen LogP contribution >= 0.6 is 11.8 Å². The average Bonchev–Trinajstić information content (AvgIpc) is 3.09. The molecule has 152 valence electrons. The van der Waals surface area contributed by atoms with E-state index in [1.54, 1.807) is 12.3 Å². The van der Waals surface area contributed by atoms with Crippen molar-refractivity contribution in [1.29, 1.82) is 0 Å². The van der Waals surface area contributed by atoms with Gasteiger partial charge in [-0.3, -0.25) is 9.36 Å². The van der Waals surface area contributed by atoms with E-state index < -0.39 is 10.0 Å². The molecule has 0 aliphatic heterocycles. The minimum atomic E-state index is -3.81. The van der Waals surface area contributed by atoms with E-state index in [9.17, 15) is 13.2 Å². The summed E-state index contributed by atoms with van der Waals surface area (Å²) < 4.78 is 24.8. The van der Waals surface area contributed by atoms with Crippen molar-refractivity contribution < 1.29 is 13.2 Å². The number of primary sulfonamides is 1. The molecule has 0 atom stereocenters. The minimum absolute atomic E-state index is 0.0415. The Morgan fingerprint density at radius 2 is 2.00 bits per heavy atom. The molecule has 0 unspecified atom stereocenters. The van der Waals surface area contributed by atoms with Gasteiger partial charge in [-0.05, 0) is 43.7 Å². The molecule has 3 aromatic rings. The molecule has 0 fully saturated rings. The Labute approximate surface area is 174 Å². The molecule has 9 heteroatoms. The van der Waals surface area contributed by atoms with Crippen LogP contribution in [0.15, 0.2) is 64.9 Å². The molecule has 1 amide bonds. The van der Waals surface area contributed by atoms with Gasteiger partial charge in [0.1, 0.15) is 0 Å². The maximum absolute atomic E-state index is 12.2. The van der Waals surface area contributed by atoms with Crippen molar-refractivity contribution in [2.45, 2.75) is 30.3 Å². The SMILES string of the molecule is Cc1ccc(-n2ccnc2SCCC(=O)Nc2cccc(S(N)(=O)=O)c2)c(C)c1. The van der Waals surface area contributed by atoms with Crippen LogP contribution in [0.2, 0.25) is 0 Å². The second kappa shape index (κ2) is 8.81. The Hall–Kier alpha value is -2.62. The van der Waals surface area contributed by atoms with Gasteiger partial charge in [0.15, 0.2) is 5.16 Å². The van der Waals surface area contributed by atoms with Crippen LogP contribution in [-0.4, -0.2) is 29.6 Å². The number of rotatable bonds is 7. The Morgan fingerprint density at radius 3 is 2.72 bits per heavy atom. The molecule has 7 nitrogen and oxygen atoms in total. The van der Waals surface area contributed by atoms with Gasteiger partial charge in [-0.15, -0.1) is 0 Å². The number of carbonyl (C=O) groups is 1. The number of imidazole rings is 1. The van der Waals surface area contributed by atoms with Crippen molar-refractivity contribution in [2.24, 2.45) is 5.14 Å². The molecule has 0 bridgehead atoms. The van der Waals surface area contributed by atoms with E-state index in [0.29, 0.717) is 11.4 Å². The molecule has 3 rings (SSSR count). The lowest BCUT2D eigenvalue weighted by atomic mass is 10.1. The zero-order valence-corrected chi connectivity index (χ0v) is 17.8. The highest BCUT2D eigenvalue weighted by Gasteiger charge is 2.11. The molecule has 0 saturated carbocycles. The second-order valence-corrected chi connectivity index (χ2v) is 9.21. The third-order valence-corrected chi connectivity index (χ3v) is 6.10. The van der Waals surface area contributed by atoms with E-state index in [2.05, 4.69) is 42.3 Å². The number of amides is 1. The van der Waals surface area contributed by atoms with Gasteiger partial charge in [0.05, 0.1) is 10.6 Å². The lowest BCUT2D eigenvalue weighted by Gasteiger charge is -2.11. The van der Waals surface area contributed by atoms with Crippen LogP contribution in [0, 0.1) is 13.8 Å². The van der Waals surface area contributed by atoms with E-state index in [4.69, 9.17) is 5.14 Å². The molecule has 2 aromatic carbocycles. The van der Waals surface area contributed by atoms with Crippen LogP contribution in [0.4, 0.5) is 5.69 Å². The van der Waals surface area contributed by atoms with Gasteiger partial charge >= 0.3 is 0 Å². The van der Waals surface area contributed by atoms with E-state index in [-0.39, 0.29) is 17.2 Å². The third kappa shape index (κ3) is 5.47. The number of benzene rings is 2. The molecule has 0 aliphatic carbocycles. The predicted molar refractivity (Wildman–Crippen MR) is 115 cm³/mol. The summed E-state index contributed by atoms with van der Waals surface area (Å²) in [6.07, 6.45) is 3.89. The third-order valence-electron chi connectivity index (χ3n) is 4.23. The normalized spacial score (nSPS) is 11.4. The monoisotopic (exact) mass is 430 g/mol. The molecule has 1 aromatic heterocycles. The fraction of sp³-hybridized carbons (Fsp3) is 0.200. The number of thioether (sulfide) groups is 1. The Bertz CT molecular complexity index is 1140. The number of sulfonamides is 1. The number of nitrogens with one attached hydrogen (secondary N) is 1. The lowest BCUT2D eigenvalue weighted by Crippen LogP contribution is -2.15. The molecule has 0 aliphatic rings. The van der Waals surface area contributed by atoms with Gasteiger partial charge in [0, 0.05) is 30.3 Å². The van der Waals surface area contributed by atoms with Crippen LogP contribution in [0.25, 0.3) is 5.69 Å². The topological polar surface area (TPSA) is 107 Å². The highest BCUT2D eigenvalue weighted by molar-refractivity contribution is 7.99. The van der Waals surface area contributed by atoms with E-state index in [0.717, 1.165) is 16.4 Å². The summed E-state index contributed by atoms with van der Waals surface area (Å²) in [7, 11) is -3.81. The smallest absolute Gasteiger partial charge is 0.238 e. The Morgan fingerprint density at radius 1 is 1.21 bits per heavy atom. The van der Waals surface area contributed by atoms with Crippen molar-refractivity contribution in [2.75, 3.05) is 11.1 Å². The van der Waals surface area contributed by atoms with Crippen LogP contribution < -0.4 is 10.5 Å². The zero-order valence-electron chi connectivity index (χ0n) is 16.1. The van der Waals surface area contributed by atoms with Gasteiger partial charge in [-0.25, -0.2) is 18.5 Å². The molecule has 0 saturated heterocycles. The molecule has 3 N–H and O–H groups in total. The number of anilines is 1. The summed E-state index contributed by atoms with van der Waals surface area (Å²) in [5.41, 5.74) is 3.80. The summed E-state index contributed by atoms with van der Waals surface area (Å²) in [5, 5.41) is 8.62. The van der Waals surface area contributed by atoms with E-state index >= 15 is 0 Å². The second-order valence-electron chi connectivity index (χ2n) is 6.59. The van der Waals surface area contributed by atoms with Gasteiger partial charge in [0.2, 0.25) is 15.9 Å². The highest BCUT2D eigenvalue weighted by atomic mass is 32.2.